The van der Waals surface area contributed by atoms with Gasteiger partial charge in [-0.15, -0.1) is 6.58 Å². The van der Waals surface area contributed by atoms with Gasteiger partial charge in [-0.2, -0.15) is 5.06 Å². The van der Waals surface area contributed by atoms with Crippen molar-refractivity contribution < 1.29 is 19.2 Å². The Balaban J connectivity index is 3.79. The van der Waals surface area contributed by atoms with Crippen LogP contribution in [0.2, 0.25) is 0 Å². The summed E-state index contributed by atoms with van der Waals surface area (Å²) in [6.45, 7) is 3.53. The van der Waals surface area contributed by atoms with Gasteiger partial charge in [-0.25, -0.2) is 4.79 Å². The molecular weight excluding hydrogens is 210 g/mol. The Labute approximate surface area is 95.0 Å². The zero-order valence-corrected chi connectivity index (χ0v) is 9.48. The normalized spacial score (nSPS) is 9.31. The number of carbonyl (C=O) groups excluding carboxylic acids is 3. The molecular formula is C11H17NO4. The molecule has 0 aliphatic carbocycles. The maximum Gasteiger partial charge on any atom is 0.332 e. The van der Waals surface area contributed by atoms with E-state index in [4.69, 9.17) is 4.84 Å². The summed E-state index contributed by atoms with van der Waals surface area (Å²) in [6.07, 6.45) is 4.19. The molecule has 0 heterocycles. The number of hydrogen-bond acceptors (Lipinski definition) is 4. The zero-order chi connectivity index (χ0) is 12.4. The number of hydroxylamine groups is 2. The van der Waals surface area contributed by atoms with Crippen molar-refractivity contribution in [1.82, 2.24) is 5.06 Å². The molecule has 0 aliphatic rings. The van der Waals surface area contributed by atoms with E-state index < -0.39 is 5.97 Å². The summed E-state index contributed by atoms with van der Waals surface area (Å²) in [5, 5.41) is 0.875. The topological polar surface area (TPSA) is 63.7 Å². The fraction of sp³-hybridized carbons (Fsp3) is 0.545. The Kier molecular flexibility index (Phi) is 7.75. The number of aldehydes is 1. The summed E-state index contributed by atoms with van der Waals surface area (Å²) in [5.74, 6) is -0.840. The third-order valence-corrected chi connectivity index (χ3v) is 1.86. The van der Waals surface area contributed by atoms with E-state index in [1.165, 1.54) is 7.05 Å². The minimum Gasteiger partial charge on any atom is -0.338 e. The van der Waals surface area contributed by atoms with E-state index in [1.54, 1.807) is 6.08 Å². The van der Waals surface area contributed by atoms with Crippen molar-refractivity contribution in [2.24, 2.45) is 0 Å². The highest BCUT2D eigenvalue weighted by Gasteiger charge is 2.13. The quantitative estimate of drug-likeness (QED) is 0.284. The standard InChI is InChI=1S/C11H17NO4/c1-3-4-5-8-11(15)16-12(2)10(14)7-6-9-13/h3,9H,1,4-8H2,2H3. The van der Waals surface area contributed by atoms with E-state index in [2.05, 4.69) is 6.58 Å². The fourth-order valence-corrected chi connectivity index (χ4v) is 0.980. The fourth-order valence-electron chi connectivity index (χ4n) is 0.980. The van der Waals surface area contributed by atoms with Crippen LogP contribution in [0.4, 0.5) is 0 Å². The van der Waals surface area contributed by atoms with Crippen LogP contribution in [0.25, 0.3) is 0 Å². The van der Waals surface area contributed by atoms with Crippen LogP contribution in [0.3, 0.4) is 0 Å². The van der Waals surface area contributed by atoms with Gasteiger partial charge in [0, 0.05) is 26.3 Å². The van der Waals surface area contributed by atoms with Crippen molar-refractivity contribution in [3.05, 3.63) is 12.7 Å². The van der Waals surface area contributed by atoms with Crippen LogP contribution in [0.5, 0.6) is 0 Å². The molecule has 0 aromatic rings. The predicted octanol–water partition coefficient (Wildman–Crippen LogP) is 1.24. The third kappa shape index (κ3) is 6.75. The molecule has 0 aromatic carbocycles. The second-order valence-electron chi connectivity index (χ2n) is 3.24. The lowest BCUT2D eigenvalue weighted by atomic mass is 10.2. The third-order valence-electron chi connectivity index (χ3n) is 1.86. The number of rotatable bonds is 7. The molecule has 0 bridgehead atoms. The summed E-state index contributed by atoms with van der Waals surface area (Å²) < 4.78 is 0. The lowest BCUT2D eigenvalue weighted by molar-refractivity contribution is -0.192. The van der Waals surface area contributed by atoms with Crippen LogP contribution < -0.4 is 0 Å². The molecule has 0 unspecified atom stereocenters. The number of carbonyl (C=O) groups is 3. The molecule has 16 heavy (non-hydrogen) atoms. The van der Waals surface area contributed by atoms with E-state index >= 15 is 0 Å². The maximum absolute atomic E-state index is 11.2. The molecule has 90 valence electrons. The van der Waals surface area contributed by atoms with Crippen molar-refractivity contribution in [3.63, 3.8) is 0 Å². The van der Waals surface area contributed by atoms with Gasteiger partial charge in [0.1, 0.15) is 6.29 Å². The molecule has 1 amide bonds. The van der Waals surface area contributed by atoms with Crippen molar-refractivity contribution in [1.29, 1.82) is 0 Å². The summed E-state index contributed by atoms with van der Waals surface area (Å²) in [6, 6.07) is 0. The van der Waals surface area contributed by atoms with Gasteiger partial charge in [0.15, 0.2) is 0 Å². The molecule has 0 fully saturated rings. The Morgan fingerprint density at radius 1 is 1.31 bits per heavy atom. The first-order valence-corrected chi connectivity index (χ1v) is 5.13. The summed E-state index contributed by atoms with van der Waals surface area (Å²) >= 11 is 0. The highest BCUT2D eigenvalue weighted by molar-refractivity contribution is 5.79. The molecule has 0 N–H and O–H groups in total. The number of amides is 1. The predicted molar refractivity (Wildman–Crippen MR) is 58.2 cm³/mol. The van der Waals surface area contributed by atoms with Gasteiger partial charge < -0.3 is 9.63 Å². The Bertz CT molecular complexity index is 263. The van der Waals surface area contributed by atoms with Crippen LogP contribution in [0.1, 0.15) is 32.1 Å². The van der Waals surface area contributed by atoms with Crippen molar-refractivity contribution in [2.45, 2.75) is 32.1 Å². The largest absolute Gasteiger partial charge is 0.338 e. The monoisotopic (exact) mass is 227 g/mol. The first kappa shape index (κ1) is 14.3. The molecule has 0 rings (SSSR count). The number of nitrogens with zero attached hydrogens (tertiary/aromatic N) is 1. The average molecular weight is 227 g/mol. The Morgan fingerprint density at radius 3 is 2.56 bits per heavy atom. The molecule has 0 aliphatic heterocycles. The van der Waals surface area contributed by atoms with Crippen LogP contribution in [-0.4, -0.2) is 30.3 Å². The Hall–Kier alpha value is -1.65. The van der Waals surface area contributed by atoms with E-state index in [1.807, 2.05) is 0 Å². The molecule has 5 nitrogen and oxygen atoms in total. The van der Waals surface area contributed by atoms with Crippen LogP contribution in [0.15, 0.2) is 12.7 Å². The highest BCUT2D eigenvalue weighted by Crippen LogP contribution is 2.01. The second-order valence-corrected chi connectivity index (χ2v) is 3.24. The van der Waals surface area contributed by atoms with E-state index in [9.17, 15) is 14.4 Å². The lowest BCUT2D eigenvalue weighted by Gasteiger charge is -2.15. The molecule has 0 aromatic heterocycles. The number of hydrogen-bond donors (Lipinski definition) is 0. The van der Waals surface area contributed by atoms with Crippen molar-refractivity contribution >= 4 is 18.2 Å². The van der Waals surface area contributed by atoms with Crippen molar-refractivity contribution in [3.8, 4) is 0 Å². The van der Waals surface area contributed by atoms with E-state index in [0.29, 0.717) is 12.7 Å². The average Bonchev–Trinajstić information content (AvgIpc) is 2.26. The van der Waals surface area contributed by atoms with Gasteiger partial charge in [-0.05, 0) is 12.8 Å². The number of unbranched alkanes of at least 4 members (excludes halogenated alkanes) is 1. The van der Waals surface area contributed by atoms with Crippen LogP contribution >= 0.6 is 0 Å². The van der Waals surface area contributed by atoms with Crippen LogP contribution in [-0.2, 0) is 19.2 Å². The highest BCUT2D eigenvalue weighted by atomic mass is 16.7. The summed E-state index contributed by atoms with van der Waals surface area (Å²) in [7, 11) is 1.36. The summed E-state index contributed by atoms with van der Waals surface area (Å²) in [5.41, 5.74) is 0. The van der Waals surface area contributed by atoms with E-state index in [-0.39, 0.29) is 25.2 Å². The summed E-state index contributed by atoms with van der Waals surface area (Å²) in [4.78, 5) is 37.2. The minimum atomic E-state index is -0.455. The first-order valence-electron chi connectivity index (χ1n) is 5.13. The maximum atomic E-state index is 11.2. The van der Waals surface area contributed by atoms with Gasteiger partial charge in [0.25, 0.3) is 5.91 Å². The molecule has 0 saturated carbocycles. The molecule has 5 heteroatoms. The SMILES string of the molecule is C=CCCCC(=O)ON(C)C(=O)CCC=O. The van der Waals surface area contributed by atoms with Gasteiger partial charge >= 0.3 is 5.97 Å². The minimum absolute atomic E-state index is 0.0555. The van der Waals surface area contributed by atoms with Gasteiger partial charge in [0.2, 0.25) is 0 Å². The Morgan fingerprint density at radius 2 is 2.00 bits per heavy atom. The number of allylic oxidation sites excluding steroid dienone is 1. The van der Waals surface area contributed by atoms with Gasteiger partial charge in [-0.3, -0.25) is 4.79 Å². The lowest BCUT2D eigenvalue weighted by Crippen LogP contribution is -2.29. The second kappa shape index (κ2) is 8.64. The van der Waals surface area contributed by atoms with E-state index in [0.717, 1.165) is 11.5 Å². The molecule has 0 atom stereocenters. The molecule has 0 radical (unpaired) electrons. The van der Waals surface area contributed by atoms with Gasteiger partial charge in [-0.1, -0.05) is 6.08 Å². The van der Waals surface area contributed by atoms with Crippen molar-refractivity contribution in [2.75, 3.05) is 7.05 Å². The van der Waals surface area contributed by atoms with Gasteiger partial charge in [0.05, 0.1) is 0 Å². The first-order chi connectivity index (χ1) is 7.61. The molecule has 0 saturated heterocycles. The van der Waals surface area contributed by atoms with Crippen LogP contribution in [0, 0.1) is 0 Å². The smallest absolute Gasteiger partial charge is 0.332 e. The molecule has 0 spiro atoms. The zero-order valence-electron chi connectivity index (χ0n) is 9.48.